The summed E-state index contributed by atoms with van der Waals surface area (Å²) in [6.07, 6.45) is 6.05. The number of H-pyrrole nitrogens is 1. The Kier molecular flexibility index (Phi) is 6.09. The molecule has 31 heavy (non-hydrogen) atoms. The van der Waals surface area contributed by atoms with Gasteiger partial charge in [-0.25, -0.2) is 9.67 Å². The van der Waals surface area contributed by atoms with Gasteiger partial charge in [0, 0.05) is 60.7 Å². The molecule has 0 aromatic carbocycles. The van der Waals surface area contributed by atoms with E-state index in [-0.39, 0.29) is 11.3 Å². The van der Waals surface area contributed by atoms with Crippen LogP contribution in [0.3, 0.4) is 0 Å². The average Bonchev–Trinajstić information content (AvgIpc) is 3.33. The van der Waals surface area contributed by atoms with E-state index in [0.29, 0.717) is 19.0 Å². The molecule has 0 saturated carbocycles. The van der Waals surface area contributed by atoms with E-state index in [4.69, 9.17) is 5.10 Å². The van der Waals surface area contributed by atoms with E-state index < -0.39 is 0 Å². The van der Waals surface area contributed by atoms with Gasteiger partial charge in [-0.05, 0) is 31.5 Å². The first kappa shape index (κ1) is 21.5. The number of carbonyl (C=O) groups is 1. The molecule has 1 atom stereocenters. The van der Waals surface area contributed by atoms with Crippen molar-refractivity contribution in [2.75, 3.05) is 19.6 Å². The number of rotatable bonds is 6. The molecule has 8 nitrogen and oxygen atoms in total. The maximum atomic E-state index is 11.2. The monoisotopic (exact) mass is 423 g/mol. The minimum Gasteiger partial charge on any atom is -0.354 e. The van der Waals surface area contributed by atoms with Gasteiger partial charge < -0.3 is 5.32 Å². The molecule has 4 rings (SSSR count). The van der Waals surface area contributed by atoms with E-state index in [9.17, 15) is 4.79 Å². The molecule has 1 aliphatic rings. The van der Waals surface area contributed by atoms with Crippen molar-refractivity contribution in [2.24, 2.45) is 0 Å². The molecule has 3 aromatic heterocycles. The number of nitrogens with zero attached hydrogens (tertiary/aromatic N) is 5. The van der Waals surface area contributed by atoms with E-state index in [1.54, 1.807) is 0 Å². The quantitative estimate of drug-likeness (QED) is 0.636. The van der Waals surface area contributed by atoms with Crippen molar-refractivity contribution in [1.82, 2.24) is 35.2 Å². The molecule has 0 spiro atoms. The lowest BCUT2D eigenvalue weighted by molar-refractivity contribution is -0.118. The zero-order chi connectivity index (χ0) is 22.0. The van der Waals surface area contributed by atoms with E-state index >= 15 is 0 Å². The molecular formula is C23H33N7O. The number of pyridine rings is 1. The summed E-state index contributed by atoms with van der Waals surface area (Å²) in [6.45, 7) is 12.3. The van der Waals surface area contributed by atoms with Crippen LogP contribution in [0.1, 0.15) is 63.4 Å². The molecule has 166 valence electrons. The minimum atomic E-state index is -0.0264. The van der Waals surface area contributed by atoms with Crippen LogP contribution in [0.15, 0.2) is 24.5 Å². The van der Waals surface area contributed by atoms with Gasteiger partial charge in [0.05, 0.1) is 18.4 Å². The molecule has 1 fully saturated rings. The van der Waals surface area contributed by atoms with Gasteiger partial charge in [-0.15, -0.1) is 0 Å². The third-order valence-electron chi connectivity index (χ3n) is 5.99. The SMILES string of the molecule is CC(=O)NCCn1nc(C2CCCN(Cc3cn[nH]c3C(C)(C)C)C2)c2cccnc21. The molecule has 0 aliphatic carbocycles. The summed E-state index contributed by atoms with van der Waals surface area (Å²) < 4.78 is 1.94. The van der Waals surface area contributed by atoms with Crippen molar-refractivity contribution in [3.8, 4) is 0 Å². The van der Waals surface area contributed by atoms with Crippen LogP contribution >= 0.6 is 0 Å². The lowest BCUT2D eigenvalue weighted by Gasteiger charge is -2.32. The predicted molar refractivity (Wildman–Crippen MR) is 121 cm³/mol. The van der Waals surface area contributed by atoms with E-state index in [1.165, 1.54) is 18.2 Å². The Morgan fingerprint density at radius 2 is 2.19 bits per heavy atom. The third-order valence-corrected chi connectivity index (χ3v) is 5.99. The van der Waals surface area contributed by atoms with Gasteiger partial charge in [0.15, 0.2) is 5.65 Å². The summed E-state index contributed by atoms with van der Waals surface area (Å²) in [7, 11) is 0. The highest BCUT2D eigenvalue weighted by Crippen LogP contribution is 2.32. The molecule has 1 aliphatic heterocycles. The summed E-state index contributed by atoms with van der Waals surface area (Å²) in [5.74, 6) is 0.342. The first-order chi connectivity index (χ1) is 14.8. The predicted octanol–water partition coefficient (Wildman–Crippen LogP) is 2.97. The maximum absolute atomic E-state index is 11.2. The average molecular weight is 424 g/mol. The van der Waals surface area contributed by atoms with Gasteiger partial charge in [0.25, 0.3) is 0 Å². The number of hydrogen-bond donors (Lipinski definition) is 2. The van der Waals surface area contributed by atoms with Crippen LogP contribution in [0.5, 0.6) is 0 Å². The molecule has 1 unspecified atom stereocenters. The van der Waals surface area contributed by atoms with Crippen LogP contribution in [0.25, 0.3) is 11.0 Å². The Bertz CT molecular complexity index is 1050. The van der Waals surface area contributed by atoms with E-state index in [0.717, 1.165) is 49.2 Å². The van der Waals surface area contributed by atoms with Crippen LogP contribution < -0.4 is 5.32 Å². The Balaban J connectivity index is 1.53. The summed E-state index contributed by atoms with van der Waals surface area (Å²) in [6, 6.07) is 4.10. The standard InChI is InChI=1S/C23H33N7O/c1-16(31)24-10-12-30-22-19(8-5-9-25-22)20(28-30)17-7-6-11-29(14-17)15-18-13-26-27-21(18)23(2,3)4/h5,8-9,13,17H,6-7,10-12,14-15H2,1-4H3,(H,24,31)(H,26,27). The summed E-state index contributed by atoms with van der Waals surface area (Å²) >= 11 is 0. The fraction of sp³-hybridized carbons (Fsp3) is 0.565. The summed E-state index contributed by atoms with van der Waals surface area (Å²) in [5, 5.41) is 16.4. The van der Waals surface area contributed by atoms with Gasteiger partial charge >= 0.3 is 0 Å². The molecule has 2 N–H and O–H groups in total. The van der Waals surface area contributed by atoms with Crippen LogP contribution in [0, 0.1) is 0 Å². The van der Waals surface area contributed by atoms with Crippen LogP contribution in [0.2, 0.25) is 0 Å². The number of nitrogens with one attached hydrogen (secondary N) is 2. The smallest absolute Gasteiger partial charge is 0.216 e. The van der Waals surface area contributed by atoms with E-state index in [2.05, 4.69) is 52.2 Å². The highest BCUT2D eigenvalue weighted by Gasteiger charge is 2.28. The van der Waals surface area contributed by atoms with Gasteiger partial charge in [-0.1, -0.05) is 20.8 Å². The Labute approximate surface area is 183 Å². The van der Waals surface area contributed by atoms with Crippen LogP contribution in [-0.4, -0.2) is 55.4 Å². The molecule has 3 aromatic rings. The molecule has 0 radical (unpaired) electrons. The van der Waals surface area contributed by atoms with Gasteiger partial charge in [0.2, 0.25) is 5.91 Å². The minimum absolute atomic E-state index is 0.0264. The molecule has 4 heterocycles. The van der Waals surface area contributed by atoms with Crippen molar-refractivity contribution in [3.63, 3.8) is 0 Å². The lowest BCUT2D eigenvalue weighted by atomic mass is 9.88. The number of aromatic amines is 1. The van der Waals surface area contributed by atoms with Gasteiger partial charge in [-0.2, -0.15) is 10.2 Å². The lowest BCUT2D eigenvalue weighted by Crippen LogP contribution is -2.34. The Morgan fingerprint density at radius 1 is 1.35 bits per heavy atom. The third kappa shape index (κ3) is 4.79. The van der Waals surface area contributed by atoms with Crippen LogP contribution in [-0.2, 0) is 23.3 Å². The number of likely N-dealkylation sites (tertiary alicyclic amines) is 1. The fourth-order valence-corrected chi connectivity index (χ4v) is 4.57. The number of piperidine rings is 1. The molecule has 0 bridgehead atoms. The van der Waals surface area contributed by atoms with Gasteiger partial charge in [0.1, 0.15) is 0 Å². The van der Waals surface area contributed by atoms with Crippen LogP contribution in [0.4, 0.5) is 0 Å². The second-order valence-corrected chi connectivity index (χ2v) is 9.56. The van der Waals surface area contributed by atoms with Crippen molar-refractivity contribution in [3.05, 3.63) is 41.5 Å². The van der Waals surface area contributed by atoms with E-state index in [1.807, 2.05) is 23.1 Å². The number of aromatic nitrogens is 5. The Hall–Kier alpha value is -2.74. The largest absolute Gasteiger partial charge is 0.354 e. The van der Waals surface area contributed by atoms with Crippen molar-refractivity contribution in [2.45, 2.75) is 65.0 Å². The number of hydrogen-bond acceptors (Lipinski definition) is 5. The second kappa shape index (κ2) is 8.78. The van der Waals surface area contributed by atoms with Crippen molar-refractivity contribution >= 4 is 16.9 Å². The number of carbonyl (C=O) groups excluding carboxylic acids is 1. The number of amides is 1. The summed E-state index contributed by atoms with van der Waals surface area (Å²) in [4.78, 5) is 18.3. The highest BCUT2D eigenvalue weighted by molar-refractivity contribution is 5.79. The molecule has 1 amide bonds. The highest BCUT2D eigenvalue weighted by atomic mass is 16.1. The molecular weight excluding hydrogens is 390 g/mol. The number of fused-ring (bicyclic) bond motifs is 1. The first-order valence-corrected chi connectivity index (χ1v) is 11.1. The first-order valence-electron chi connectivity index (χ1n) is 11.1. The van der Waals surface area contributed by atoms with Gasteiger partial charge in [-0.3, -0.25) is 14.8 Å². The summed E-state index contributed by atoms with van der Waals surface area (Å²) in [5.41, 5.74) is 4.56. The molecule has 1 saturated heterocycles. The second-order valence-electron chi connectivity index (χ2n) is 9.56. The normalized spacial score (nSPS) is 17.9. The fourth-order valence-electron chi connectivity index (χ4n) is 4.57. The van der Waals surface area contributed by atoms with Crippen molar-refractivity contribution in [1.29, 1.82) is 0 Å². The topological polar surface area (TPSA) is 91.7 Å². The Morgan fingerprint density at radius 3 is 2.97 bits per heavy atom. The zero-order valence-corrected chi connectivity index (χ0v) is 19.0. The zero-order valence-electron chi connectivity index (χ0n) is 19.0. The van der Waals surface area contributed by atoms with Crippen molar-refractivity contribution < 1.29 is 4.79 Å². The molecule has 8 heteroatoms. The maximum Gasteiger partial charge on any atom is 0.216 e.